The van der Waals surface area contributed by atoms with Crippen LogP contribution in [0.1, 0.15) is 49.3 Å². The second kappa shape index (κ2) is 11.0. The average Bonchev–Trinajstić information content (AvgIpc) is 2.96. The van der Waals surface area contributed by atoms with Crippen LogP contribution < -0.4 is 0 Å². The highest BCUT2D eigenvalue weighted by atomic mass is 32.2. The number of likely N-dealkylation sites (tertiary alicyclic amines) is 1. The molecule has 3 aromatic carbocycles. The summed E-state index contributed by atoms with van der Waals surface area (Å²) in [4.78, 5) is 24.9. The molecule has 3 unspecified atom stereocenters. The highest BCUT2D eigenvalue weighted by Crippen LogP contribution is 2.66. The summed E-state index contributed by atoms with van der Waals surface area (Å²) < 4.78 is -0.640. The van der Waals surface area contributed by atoms with Gasteiger partial charge in [0.05, 0.1) is 29.6 Å². The van der Waals surface area contributed by atoms with Crippen molar-refractivity contribution in [3.63, 3.8) is 0 Å². The van der Waals surface area contributed by atoms with Crippen molar-refractivity contribution in [3.8, 4) is 0 Å². The molecule has 0 aliphatic carbocycles. The molecule has 1 amide bonds. The SMILES string of the molecule is C[SiH](C)C1(C(O)c2ccncn2)C(=O)N(C(C)(C)C)C1SC(c1ccccc1)(c1ccccc1)c1ccccc1. The number of nitrogens with zero attached hydrogens (tertiary/aromatic N) is 3. The van der Waals surface area contributed by atoms with Gasteiger partial charge in [0.2, 0.25) is 5.91 Å². The van der Waals surface area contributed by atoms with Crippen molar-refractivity contribution in [3.05, 3.63) is 132 Å². The number of carbonyl (C=O) groups excluding carboxylic acids is 1. The minimum Gasteiger partial charge on any atom is -0.386 e. The third-order valence-electron chi connectivity index (χ3n) is 8.08. The van der Waals surface area contributed by atoms with E-state index in [0.29, 0.717) is 5.69 Å². The molecule has 1 aromatic heterocycles. The van der Waals surface area contributed by atoms with E-state index in [9.17, 15) is 9.90 Å². The predicted molar refractivity (Wildman–Crippen MR) is 166 cm³/mol. The van der Waals surface area contributed by atoms with Gasteiger partial charge in [-0.25, -0.2) is 9.97 Å². The Hall–Kier alpha value is -3.26. The highest BCUT2D eigenvalue weighted by molar-refractivity contribution is 8.01. The van der Waals surface area contributed by atoms with E-state index in [4.69, 9.17) is 0 Å². The van der Waals surface area contributed by atoms with Crippen LogP contribution in [-0.2, 0) is 9.54 Å². The third-order valence-corrected chi connectivity index (χ3v) is 13.0. The number of amides is 1. The number of carbonyl (C=O) groups is 1. The summed E-state index contributed by atoms with van der Waals surface area (Å²) in [5.74, 6) is 0.00774. The number of hydrogen-bond donors (Lipinski definition) is 1. The molecule has 3 atom stereocenters. The third kappa shape index (κ3) is 4.50. The van der Waals surface area contributed by atoms with E-state index in [1.807, 2.05) is 23.1 Å². The number of aromatic nitrogens is 2. The van der Waals surface area contributed by atoms with Gasteiger partial charge in [-0.3, -0.25) is 4.79 Å². The molecule has 1 fully saturated rings. The molecule has 0 spiro atoms. The number of aliphatic hydroxyl groups is 1. The molecule has 0 bridgehead atoms. The monoisotopic (exact) mass is 567 g/mol. The fourth-order valence-corrected chi connectivity index (χ4v) is 11.3. The van der Waals surface area contributed by atoms with Crippen molar-refractivity contribution in [2.75, 3.05) is 0 Å². The second-order valence-electron chi connectivity index (χ2n) is 11.7. The molecule has 1 N–H and O–H groups in total. The van der Waals surface area contributed by atoms with Gasteiger partial charge in [-0.2, -0.15) is 0 Å². The van der Waals surface area contributed by atoms with Crippen LogP contribution in [0.15, 0.2) is 110 Å². The highest BCUT2D eigenvalue weighted by Gasteiger charge is 2.70. The van der Waals surface area contributed by atoms with Crippen molar-refractivity contribution >= 4 is 26.5 Å². The van der Waals surface area contributed by atoms with Crippen LogP contribution in [0.3, 0.4) is 0 Å². The molecule has 0 saturated carbocycles. The molecule has 1 aliphatic heterocycles. The standard InChI is InChI=1S/C33H37N3O2SSi/c1-31(2,3)36-29(38)33(40(4)5,28(37)27-21-22-34-23-35-27)30(36)39-32(24-15-9-6-10-16-24,25-17-11-7-12-18-25)26-19-13-8-14-20-26/h6-23,28,30,37,40H,1-5H3. The number of benzene rings is 3. The Bertz CT molecular complexity index is 1340. The summed E-state index contributed by atoms with van der Waals surface area (Å²) in [5, 5.41) is 10.8. The summed E-state index contributed by atoms with van der Waals surface area (Å²) in [5.41, 5.74) is 3.43. The Morgan fingerprint density at radius 3 is 1.70 bits per heavy atom. The lowest BCUT2D eigenvalue weighted by Crippen LogP contribution is -2.74. The molecule has 1 aliphatic rings. The van der Waals surface area contributed by atoms with E-state index in [0.717, 1.165) is 16.7 Å². The van der Waals surface area contributed by atoms with Crippen LogP contribution >= 0.6 is 11.8 Å². The van der Waals surface area contributed by atoms with E-state index in [1.165, 1.54) is 6.33 Å². The van der Waals surface area contributed by atoms with Gasteiger partial charge >= 0.3 is 0 Å². The van der Waals surface area contributed by atoms with E-state index >= 15 is 0 Å². The Kier molecular flexibility index (Phi) is 7.74. The first kappa shape index (κ1) is 28.3. The Morgan fingerprint density at radius 1 is 0.850 bits per heavy atom. The smallest absolute Gasteiger partial charge is 0.232 e. The minimum absolute atomic E-state index is 0.00774. The van der Waals surface area contributed by atoms with Gasteiger partial charge in [0.25, 0.3) is 0 Å². The topological polar surface area (TPSA) is 66.3 Å². The van der Waals surface area contributed by atoms with Crippen LogP contribution in [0.5, 0.6) is 0 Å². The summed E-state index contributed by atoms with van der Waals surface area (Å²) in [6, 6.07) is 33.3. The second-order valence-corrected chi connectivity index (χ2v) is 16.3. The molecular formula is C33H37N3O2SSi. The maximum atomic E-state index is 14.4. The van der Waals surface area contributed by atoms with Crippen molar-refractivity contribution in [2.24, 2.45) is 0 Å². The minimum atomic E-state index is -1.86. The lowest BCUT2D eigenvalue weighted by atomic mass is 9.83. The molecule has 0 radical (unpaired) electrons. The van der Waals surface area contributed by atoms with E-state index in [1.54, 1.807) is 24.0 Å². The summed E-state index contributed by atoms with van der Waals surface area (Å²) in [7, 11) is -1.86. The molecule has 5 rings (SSSR count). The number of aliphatic hydroxyl groups excluding tert-OH is 1. The number of β-lactam (4-membered cyclic amide) rings is 1. The molecule has 7 heteroatoms. The van der Waals surface area contributed by atoms with E-state index in [2.05, 4.69) is 117 Å². The van der Waals surface area contributed by atoms with Gasteiger partial charge < -0.3 is 10.0 Å². The van der Waals surface area contributed by atoms with Crippen molar-refractivity contribution in [2.45, 2.75) is 60.7 Å². The molecule has 206 valence electrons. The molecular weight excluding hydrogens is 531 g/mol. The van der Waals surface area contributed by atoms with Gasteiger partial charge in [-0.1, -0.05) is 104 Å². The summed E-state index contributed by atoms with van der Waals surface area (Å²) in [6.07, 6.45) is 2.05. The zero-order valence-electron chi connectivity index (χ0n) is 23.7. The van der Waals surface area contributed by atoms with Gasteiger partial charge in [0.1, 0.15) is 12.4 Å². The molecule has 40 heavy (non-hydrogen) atoms. The lowest BCUT2D eigenvalue weighted by Gasteiger charge is -2.64. The normalized spacial score (nSPS) is 20.3. The molecule has 4 aromatic rings. The number of hydrogen-bond acceptors (Lipinski definition) is 5. The van der Waals surface area contributed by atoms with Crippen LogP contribution in [0.4, 0.5) is 0 Å². The summed E-state index contributed by atoms with van der Waals surface area (Å²) >= 11 is 1.77. The lowest BCUT2D eigenvalue weighted by molar-refractivity contribution is -0.164. The Balaban J connectivity index is 1.79. The molecule has 5 nitrogen and oxygen atoms in total. The van der Waals surface area contributed by atoms with Gasteiger partial charge in [0.15, 0.2) is 0 Å². The quantitative estimate of drug-likeness (QED) is 0.151. The Labute approximate surface area is 243 Å². The number of thioether (sulfide) groups is 1. The fraction of sp³-hybridized carbons (Fsp3) is 0.303. The van der Waals surface area contributed by atoms with E-state index < -0.39 is 30.2 Å². The van der Waals surface area contributed by atoms with Gasteiger partial charge in [-0.15, -0.1) is 11.8 Å². The van der Waals surface area contributed by atoms with Crippen molar-refractivity contribution in [1.82, 2.24) is 14.9 Å². The maximum Gasteiger partial charge on any atom is 0.232 e. The first-order valence-corrected chi connectivity index (χ1v) is 17.5. The van der Waals surface area contributed by atoms with Crippen LogP contribution in [-0.4, -0.2) is 45.6 Å². The van der Waals surface area contributed by atoms with Crippen LogP contribution in [0, 0.1) is 0 Å². The van der Waals surface area contributed by atoms with Crippen molar-refractivity contribution < 1.29 is 9.90 Å². The fourth-order valence-electron chi connectivity index (χ4n) is 6.07. The average molecular weight is 568 g/mol. The first-order valence-electron chi connectivity index (χ1n) is 13.8. The largest absolute Gasteiger partial charge is 0.386 e. The van der Waals surface area contributed by atoms with Crippen LogP contribution in [0.2, 0.25) is 18.1 Å². The zero-order valence-corrected chi connectivity index (χ0v) is 25.7. The van der Waals surface area contributed by atoms with E-state index in [-0.39, 0.29) is 11.3 Å². The van der Waals surface area contributed by atoms with Crippen LogP contribution in [0.25, 0.3) is 0 Å². The Morgan fingerprint density at radius 2 is 1.32 bits per heavy atom. The molecule has 2 heterocycles. The van der Waals surface area contributed by atoms with Crippen molar-refractivity contribution in [1.29, 1.82) is 0 Å². The predicted octanol–water partition coefficient (Wildman–Crippen LogP) is 6.43. The summed E-state index contributed by atoms with van der Waals surface area (Å²) in [6.45, 7) is 10.6. The maximum absolute atomic E-state index is 14.4. The van der Waals surface area contributed by atoms with Gasteiger partial charge in [0, 0.05) is 11.7 Å². The van der Waals surface area contributed by atoms with Gasteiger partial charge in [-0.05, 0) is 43.5 Å². The zero-order chi connectivity index (χ0) is 28.5. The molecule has 1 saturated heterocycles. The first-order chi connectivity index (χ1) is 19.1. The number of rotatable bonds is 8.